The average molecular weight is 457 g/mol. The highest BCUT2D eigenvalue weighted by Crippen LogP contribution is 2.25. The lowest BCUT2D eigenvalue weighted by Crippen LogP contribution is -2.21. The number of para-hydroxylation sites is 2. The summed E-state index contributed by atoms with van der Waals surface area (Å²) in [7, 11) is 1.54. The second-order valence-electron chi connectivity index (χ2n) is 7.52. The molecule has 0 aliphatic rings. The molecule has 0 saturated carbocycles. The molecule has 0 amide bonds. The molecular weight excluding hydrogens is 436 g/mol. The van der Waals surface area contributed by atoms with Crippen molar-refractivity contribution < 1.29 is 9.53 Å². The molecule has 164 valence electrons. The molecule has 3 aromatic carbocycles. The number of ether oxygens (including phenoxy) is 1. The van der Waals surface area contributed by atoms with Crippen LogP contribution in [0.15, 0.2) is 82.7 Å². The summed E-state index contributed by atoms with van der Waals surface area (Å²) >= 11 is 1.27. The van der Waals surface area contributed by atoms with Crippen LogP contribution in [-0.2, 0) is 0 Å². The molecule has 33 heavy (non-hydrogen) atoms. The summed E-state index contributed by atoms with van der Waals surface area (Å²) in [6.45, 7) is 1.99. The third kappa shape index (κ3) is 3.68. The normalized spacial score (nSPS) is 11.2. The van der Waals surface area contributed by atoms with Gasteiger partial charge in [-0.1, -0.05) is 53.7 Å². The van der Waals surface area contributed by atoms with Crippen molar-refractivity contribution in [1.29, 1.82) is 0 Å². The Morgan fingerprint density at radius 3 is 2.48 bits per heavy atom. The first kappa shape index (κ1) is 21.0. The maximum Gasteiger partial charge on any atom is 0.267 e. The lowest BCUT2D eigenvalue weighted by atomic mass is 10.1. The summed E-state index contributed by atoms with van der Waals surface area (Å²) in [5.41, 5.74) is 2.84. The lowest BCUT2D eigenvalue weighted by molar-refractivity contribution is 0.101. The molecule has 7 nitrogen and oxygen atoms in total. The van der Waals surface area contributed by atoms with Crippen LogP contribution in [0.4, 0.5) is 0 Å². The third-order valence-corrected chi connectivity index (χ3v) is 6.36. The van der Waals surface area contributed by atoms with E-state index in [9.17, 15) is 9.59 Å². The van der Waals surface area contributed by atoms with E-state index in [1.165, 1.54) is 11.8 Å². The highest BCUT2D eigenvalue weighted by molar-refractivity contribution is 7.99. The Labute approximate surface area is 193 Å². The van der Waals surface area contributed by atoms with Gasteiger partial charge in [-0.25, -0.2) is 4.57 Å². The minimum absolute atomic E-state index is 0.0784. The van der Waals surface area contributed by atoms with Gasteiger partial charge in [-0.2, -0.15) is 0 Å². The quantitative estimate of drug-likeness (QED) is 0.280. The van der Waals surface area contributed by atoms with Gasteiger partial charge in [0.25, 0.3) is 5.56 Å². The predicted octanol–water partition coefficient (Wildman–Crippen LogP) is 4.33. The standard InChI is InChI=1S/C25H20N4O3S/c1-16-11-13-17(14-12-16)28-23(31)18-7-3-5-9-20(18)29-24(28)26-27-25(29)33-15-21(30)19-8-4-6-10-22(19)32-2/h3-14H,15H2,1-2H3. The van der Waals surface area contributed by atoms with Gasteiger partial charge in [0.05, 0.1) is 35.0 Å². The molecule has 0 spiro atoms. The van der Waals surface area contributed by atoms with Crippen LogP contribution in [0.3, 0.4) is 0 Å². The topological polar surface area (TPSA) is 78.5 Å². The van der Waals surface area contributed by atoms with Gasteiger partial charge in [0.1, 0.15) is 5.75 Å². The summed E-state index contributed by atoms with van der Waals surface area (Å²) in [6, 6.07) is 22.2. The molecule has 5 rings (SSSR count). The molecule has 2 aromatic heterocycles. The van der Waals surface area contributed by atoms with Crippen molar-refractivity contribution in [1.82, 2.24) is 19.2 Å². The number of ketones is 1. The minimum atomic E-state index is -0.170. The first-order valence-electron chi connectivity index (χ1n) is 10.3. The van der Waals surface area contributed by atoms with Crippen LogP contribution >= 0.6 is 11.8 Å². The number of aryl methyl sites for hydroxylation is 1. The Kier molecular flexibility index (Phi) is 5.43. The molecule has 0 N–H and O–H groups in total. The fraction of sp³-hybridized carbons (Fsp3) is 0.120. The monoisotopic (exact) mass is 456 g/mol. The predicted molar refractivity (Wildman–Crippen MR) is 129 cm³/mol. The van der Waals surface area contributed by atoms with E-state index in [0.29, 0.717) is 38.8 Å². The molecule has 0 unspecified atom stereocenters. The first-order chi connectivity index (χ1) is 16.1. The van der Waals surface area contributed by atoms with E-state index in [-0.39, 0.29) is 17.1 Å². The van der Waals surface area contributed by atoms with Gasteiger partial charge in [0.15, 0.2) is 10.9 Å². The zero-order chi connectivity index (χ0) is 22.9. The van der Waals surface area contributed by atoms with E-state index in [2.05, 4.69) is 10.2 Å². The van der Waals surface area contributed by atoms with Crippen LogP contribution in [0.1, 0.15) is 15.9 Å². The van der Waals surface area contributed by atoms with Crippen molar-refractivity contribution in [3.8, 4) is 11.4 Å². The van der Waals surface area contributed by atoms with Gasteiger partial charge in [-0.3, -0.25) is 14.0 Å². The molecule has 5 aromatic rings. The molecule has 2 heterocycles. The highest BCUT2D eigenvalue weighted by Gasteiger charge is 2.19. The third-order valence-electron chi connectivity index (χ3n) is 5.43. The first-order valence-corrected chi connectivity index (χ1v) is 11.3. The maximum absolute atomic E-state index is 13.4. The number of benzene rings is 3. The number of Topliss-reactive ketones (excluding diaryl/α,β-unsaturated/α-hetero) is 1. The van der Waals surface area contributed by atoms with Crippen LogP contribution in [0.2, 0.25) is 0 Å². The van der Waals surface area contributed by atoms with Gasteiger partial charge < -0.3 is 4.74 Å². The van der Waals surface area contributed by atoms with Crippen LogP contribution in [0.5, 0.6) is 5.75 Å². The van der Waals surface area contributed by atoms with Gasteiger partial charge >= 0.3 is 0 Å². The number of carbonyl (C=O) groups is 1. The van der Waals surface area contributed by atoms with Crippen LogP contribution in [-0.4, -0.2) is 37.8 Å². The number of aromatic nitrogens is 4. The zero-order valence-electron chi connectivity index (χ0n) is 18.1. The lowest BCUT2D eigenvalue weighted by Gasteiger charge is -2.11. The Bertz CT molecular complexity index is 1550. The summed E-state index contributed by atoms with van der Waals surface area (Å²) in [4.78, 5) is 26.2. The van der Waals surface area contributed by atoms with Crippen molar-refractivity contribution in [3.05, 3.63) is 94.3 Å². The second-order valence-corrected chi connectivity index (χ2v) is 8.47. The summed E-state index contributed by atoms with van der Waals surface area (Å²) in [6.07, 6.45) is 0. The highest BCUT2D eigenvalue weighted by atomic mass is 32.2. The van der Waals surface area contributed by atoms with E-state index in [4.69, 9.17) is 4.74 Å². The molecule has 8 heteroatoms. The number of hydrogen-bond acceptors (Lipinski definition) is 6. The van der Waals surface area contributed by atoms with Crippen molar-refractivity contribution in [2.45, 2.75) is 12.1 Å². The summed E-state index contributed by atoms with van der Waals surface area (Å²) < 4.78 is 8.70. The van der Waals surface area contributed by atoms with Crippen LogP contribution < -0.4 is 10.3 Å². The number of nitrogens with zero attached hydrogens (tertiary/aromatic N) is 4. The number of thioether (sulfide) groups is 1. The van der Waals surface area contributed by atoms with Crippen molar-refractivity contribution in [3.63, 3.8) is 0 Å². The molecule has 0 radical (unpaired) electrons. The van der Waals surface area contributed by atoms with Gasteiger partial charge in [0, 0.05) is 0 Å². The smallest absolute Gasteiger partial charge is 0.267 e. The van der Waals surface area contributed by atoms with Gasteiger partial charge in [-0.05, 0) is 43.3 Å². The molecule has 0 aliphatic heterocycles. The van der Waals surface area contributed by atoms with Crippen LogP contribution in [0.25, 0.3) is 22.4 Å². The minimum Gasteiger partial charge on any atom is -0.496 e. The van der Waals surface area contributed by atoms with Crippen molar-refractivity contribution >= 4 is 34.2 Å². The Balaban J connectivity index is 1.62. The number of hydrogen-bond donors (Lipinski definition) is 0. The van der Waals surface area contributed by atoms with Gasteiger partial charge in [0.2, 0.25) is 5.78 Å². The second kappa shape index (κ2) is 8.55. The molecule has 0 saturated heterocycles. The number of carbonyl (C=O) groups excluding carboxylic acids is 1. The van der Waals surface area contributed by atoms with E-state index < -0.39 is 0 Å². The van der Waals surface area contributed by atoms with Crippen molar-refractivity contribution in [2.75, 3.05) is 12.9 Å². The molecule has 0 atom stereocenters. The molecule has 0 aliphatic carbocycles. The number of fused-ring (bicyclic) bond motifs is 3. The van der Waals surface area contributed by atoms with Crippen molar-refractivity contribution in [2.24, 2.45) is 0 Å². The maximum atomic E-state index is 13.4. The van der Waals surface area contributed by atoms with E-state index >= 15 is 0 Å². The number of methoxy groups -OCH3 is 1. The number of rotatable bonds is 6. The van der Waals surface area contributed by atoms with Crippen LogP contribution in [0, 0.1) is 6.92 Å². The summed E-state index contributed by atoms with van der Waals surface area (Å²) in [5.74, 6) is 1.01. The Hall–Kier alpha value is -3.91. The SMILES string of the molecule is COc1ccccc1C(=O)CSc1nnc2n(-c3ccc(C)cc3)c(=O)c3ccccc3n12. The largest absolute Gasteiger partial charge is 0.496 e. The Morgan fingerprint density at radius 1 is 0.970 bits per heavy atom. The fourth-order valence-corrected chi connectivity index (χ4v) is 4.60. The fourth-order valence-electron chi connectivity index (χ4n) is 3.78. The summed E-state index contributed by atoms with van der Waals surface area (Å²) in [5, 5.41) is 9.74. The van der Waals surface area contributed by atoms with E-state index in [1.807, 2.05) is 59.9 Å². The molecular formula is C25H20N4O3S. The van der Waals surface area contributed by atoms with E-state index in [0.717, 1.165) is 5.56 Å². The van der Waals surface area contributed by atoms with E-state index in [1.54, 1.807) is 35.9 Å². The molecule has 0 fully saturated rings. The zero-order valence-corrected chi connectivity index (χ0v) is 18.9. The molecule has 0 bridgehead atoms. The average Bonchev–Trinajstić information content (AvgIpc) is 3.27. The van der Waals surface area contributed by atoms with Gasteiger partial charge in [-0.15, -0.1) is 10.2 Å². The Morgan fingerprint density at radius 2 is 1.70 bits per heavy atom.